The Bertz CT molecular complexity index is 825. The number of aromatic nitrogens is 3. The Labute approximate surface area is 147 Å². The van der Waals surface area contributed by atoms with E-state index in [-0.39, 0.29) is 0 Å². The Morgan fingerprint density at radius 3 is 2.52 bits per heavy atom. The molecular weight excluding hydrogens is 312 g/mol. The summed E-state index contributed by atoms with van der Waals surface area (Å²) >= 11 is 0. The van der Waals surface area contributed by atoms with Crippen molar-refractivity contribution in [3.63, 3.8) is 0 Å². The number of para-hydroxylation sites is 1. The van der Waals surface area contributed by atoms with Crippen LogP contribution in [0.15, 0.2) is 61.1 Å². The van der Waals surface area contributed by atoms with Gasteiger partial charge in [0, 0.05) is 42.8 Å². The van der Waals surface area contributed by atoms with E-state index in [1.807, 2.05) is 47.1 Å². The van der Waals surface area contributed by atoms with Gasteiger partial charge in [-0.3, -0.25) is 4.98 Å². The zero-order valence-corrected chi connectivity index (χ0v) is 14.1. The molecule has 0 radical (unpaired) electrons. The van der Waals surface area contributed by atoms with Crippen LogP contribution < -0.4 is 5.32 Å². The van der Waals surface area contributed by atoms with E-state index >= 15 is 0 Å². The van der Waals surface area contributed by atoms with Gasteiger partial charge in [-0.2, -0.15) is 5.10 Å². The molecule has 2 aromatic heterocycles. The van der Waals surface area contributed by atoms with Gasteiger partial charge in [-0.15, -0.1) is 0 Å². The van der Waals surface area contributed by atoms with Crippen molar-refractivity contribution in [3.8, 4) is 16.9 Å². The van der Waals surface area contributed by atoms with Gasteiger partial charge in [0.05, 0.1) is 17.0 Å². The van der Waals surface area contributed by atoms with Gasteiger partial charge in [-0.1, -0.05) is 18.2 Å². The van der Waals surface area contributed by atoms with Crippen LogP contribution in [0.2, 0.25) is 0 Å². The summed E-state index contributed by atoms with van der Waals surface area (Å²) in [5, 5.41) is 18.5. The summed E-state index contributed by atoms with van der Waals surface area (Å²) in [6.07, 6.45) is 8.52. The van der Waals surface area contributed by atoms with E-state index in [4.69, 9.17) is 5.10 Å². The average molecular weight is 334 g/mol. The van der Waals surface area contributed by atoms with Crippen molar-refractivity contribution in [1.82, 2.24) is 20.1 Å². The predicted octanol–water partition coefficient (Wildman–Crippen LogP) is 2.94. The van der Waals surface area contributed by atoms with Gasteiger partial charge in [-0.25, -0.2) is 4.68 Å². The fourth-order valence-electron chi connectivity index (χ4n) is 3.20. The molecule has 0 spiro atoms. The summed E-state index contributed by atoms with van der Waals surface area (Å²) in [6, 6.07) is 14.0. The van der Waals surface area contributed by atoms with E-state index in [9.17, 15) is 5.11 Å². The van der Waals surface area contributed by atoms with E-state index in [0.717, 1.165) is 41.8 Å². The Hall–Kier alpha value is -2.50. The molecule has 5 nitrogen and oxygen atoms in total. The lowest BCUT2D eigenvalue weighted by Gasteiger charge is -2.36. The van der Waals surface area contributed by atoms with Gasteiger partial charge in [0.15, 0.2) is 0 Å². The van der Waals surface area contributed by atoms with Crippen molar-refractivity contribution in [2.45, 2.75) is 31.4 Å². The van der Waals surface area contributed by atoms with Gasteiger partial charge < -0.3 is 10.4 Å². The highest BCUT2D eigenvalue weighted by atomic mass is 16.3. The largest absolute Gasteiger partial charge is 0.389 e. The fraction of sp³-hybridized carbons (Fsp3) is 0.300. The van der Waals surface area contributed by atoms with Crippen LogP contribution >= 0.6 is 0 Å². The molecule has 2 heterocycles. The first-order valence-corrected chi connectivity index (χ1v) is 8.71. The highest BCUT2D eigenvalue weighted by molar-refractivity contribution is 5.62. The second-order valence-electron chi connectivity index (χ2n) is 6.70. The molecule has 0 unspecified atom stereocenters. The molecule has 0 aliphatic heterocycles. The number of nitrogens with zero attached hydrogens (tertiary/aromatic N) is 3. The molecule has 4 rings (SSSR count). The minimum absolute atomic E-state index is 0.522. The standard InChI is InChI=1S/C20H22N4O/c25-20(9-4-10-20)15-22-13-17-14-24(18-5-2-1-3-6-18)23-19(17)16-7-11-21-12-8-16/h1-3,5-8,11-12,14,22,25H,4,9-10,13,15H2. The molecule has 128 valence electrons. The summed E-state index contributed by atoms with van der Waals surface area (Å²) in [4.78, 5) is 4.10. The zero-order chi connectivity index (χ0) is 17.1. The van der Waals surface area contributed by atoms with Crippen LogP contribution in [0.1, 0.15) is 24.8 Å². The molecule has 0 bridgehead atoms. The summed E-state index contributed by atoms with van der Waals surface area (Å²) in [6.45, 7) is 1.30. The smallest absolute Gasteiger partial charge is 0.0973 e. The van der Waals surface area contributed by atoms with Crippen molar-refractivity contribution in [2.24, 2.45) is 0 Å². The monoisotopic (exact) mass is 334 g/mol. The summed E-state index contributed by atoms with van der Waals surface area (Å²) < 4.78 is 1.91. The quantitative estimate of drug-likeness (QED) is 0.727. The molecule has 1 fully saturated rings. The maximum Gasteiger partial charge on any atom is 0.0973 e. The number of pyridine rings is 1. The van der Waals surface area contributed by atoms with Gasteiger partial charge >= 0.3 is 0 Å². The molecule has 5 heteroatoms. The number of rotatable bonds is 6. The minimum Gasteiger partial charge on any atom is -0.389 e. The maximum absolute atomic E-state index is 10.3. The van der Waals surface area contributed by atoms with E-state index in [1.54, 1.807) is 12.4 Å². The topological polar surface area (TPSA) is 63.0 Å². The number of benzene rings is 1. The minimum atomic E-state index is -0.522. The molecule has 1 aliphatic carbocycles. The lowest BCUT2D eigenvalue weighted by molar-refractivity contribution is -0.0314. The Morgan fingerprint density at radius 2 is 1.84 bits per heavy atom. The van der Waals surface area contributed by atoms with Crippen molar-refractivity contribution >= 4 is 0 Å². The third kappa shape index (κ3) is 3.48. The van der Waals surface area contributed by atoms with Gasteiger partial charge in [0.2, 0.25) is 0 Å². The summed E-state index contributed by atoms with van der Waals surface area (Å²) in [5.74, 6) is 0. The molecule has 25 heavy (non-hydrogen) atoms. The Balaban J connectivity index is 1.60. The zero-order valence-electron chi connectivity index (χ0n) is 14.1. The normalized spacial score (nSPS) is 15.7. The van der Waals surface area contributed by atoms with Gasteiger partial charge in [0.25, 0.3) is 0 Å². The molecule has 2 N–H and O–H groups in total. The maximum atomic E-state index is 10.3. The Morgan fingerprint density at radius 1 is 1.08 bits per heavy atom. The lowest BCUT2D eigenvalue weighted by atomic mass is 9.80. The second-order valence-corrected chi connectivity index (χ2v) is 6.70. The van der Waals surface area contributed by atoms with E-state index in [2.05, 4.69) is 16.5 Å². The lowest BCUT2D eigenvalue weighted by Crippen LogP contribution is -2.45. The van der Waals surface area contributed by atoms with Crippen molar-refractivity contribution in [3.05, 3.63) is 66.6 Å². The molecule has 1 saturated carbocycles. The summed E-state index contributed by atoms with van der Waals surface area (Å²) in [7, 11) is 0. The van der Waals surface area contributed by atoms with Gasteiger partial charge in [0.1, 0.15) is 0 Å². The third-order valence-electron chi connectivity index (χ3n) is 4.82. The SMILES string of the molecule is OC1(CNCc2cn(-c3ccccc3)nc2-c2ccncc2)CCC1. The van der Waals surface area contributed by atoms with Crippen LogP contribution in [0.4, 0.5) is 0 Å². The first-order chi connectivity index (χ1) is 12.2. The second kappa shape index (κ2) is 6.78. The van der Waals surface area contributed by atoms with Crippen LogP contribution in [-0.4, -0.2) is 32.0 Å². The third-order valence-corrected chi connectivity index (χ3v) is 4.82. The van der Waals surface area contributed by atoms with Gasteiger partial charge in [-0.05, 0) is 43.5 Å². The molecule has 1 aliphatic rings. The van der Waals surface area contributed by atoms with Crippen LogP contribution in [0, 0.1) is 0 Å². The van der Waals surface area contributed by atoms with Crippen LogP contribution in [0.3, 0.4) is 0 Å². The molecule has 0 amide bonds. The average Bonchev–Trinajstić information content (AvgIpc) is 3.06. The first kappa shape index (κ1) is 16.0. The van der Waals surface area contributed by atoms with E-state index < -0.39 is 5.60 Å². The van der Waals surface area contributed by atoms with Crippen molar-refractivity contribution in [1.29, 1.82) is 0 Å². The number of hydrogen-bond acceptors (Lipinski definition) is 4. The predicted molar refractivity (Wildman–Crippen MR) is 97.3 cm³/mol. The number of hydrogen-bond donors (Lipinski definition) is 2. The summed E-state index contributed by atoms with van der Waals surface area (Å²) in [5.41, 5.74) is 3.61. The molecule has 3 aromatic rings. The molecule has 0 atom stereocenters. The fourth-order valence-corrected chi connectivity index (χ4v) is 3.20. The van der Waals surface area contributed by atoms with Crippen molar-refractivity contribution < 1.29 is 5.11 Å². The molecular formula is C20H22N4O. The number of aliphatic hydroxyl groups is 1. The van der Waals surface area contributed by atoms with Crippen LogP contribution in [-0.2, 0) is 6.54 Å². The Kier molecular flexibility index (Phi) is 4.34. The molecule has 0 saturated heterocycles. The van der Waals surface area contributed by atoms with Crippen molar-refractivity contribution in [2.75, 3.05) is 6.54 Å². The van der Waals surface area contributed by atoms with Crippen LogP contribution in [0.5, 0.6) is 0 Å². The van der Waals surface area contributed by atoms with Crippen LogP contribution in [0.25, 0.3) is 16.9 Å². The van der Waals surface area contributed by atoms with E-state index in [0.29, 0.717) is 13.1 Å². The molecule has 1 aromatic carbocycles. The van der Waals surface area contributed by atoms with E-state index in [1.165, 1.54) is 0 Å². The number of nitrogens with one attached hydrogen (secondary N) is 1. The highest BCUT2D eigenvalue weighted by Crippen LogP contribution is 2.31. The first-order valence-electron chi connectivity index (χ1n) is 8.71. The highest BCUT2D eigenvalue weighted by Gasteiger charge is 2.33.